The van der Waals surface area contributed by atoms with Crippen LogP contribution in [0.5, 0.6) is 0 Å². The zero-order valence-electron chi connectivity index (χ0n) is 9.65. The van der Waals surface area contributed by atoms with Crippen molar-refractivity contribution in [3.63, 3.8) is 0 Å². The van der Waals surface area contributed by atoms with Gasteiger partial charge in [-0.1, -0.05) is 23.7 Å². The Bertz CT molecular complexity index is 782. The average molecular weight is 274 g/mol. The van der Waals surface area contributed by atoms with Crippen molar-refractivity contribution in [3.05, 3.63) is 63.9 Å². The molecule has 0 aliphatic carbocycles. The van der Waals surface area contributed by atoms with Crippen LogP contribution >= 0.6 is 11.6 Å². The molecular formula is C13H8ClN3O2. The fourth-order valence-corrected chi connectivity index (χ4v) is 2.22. The minimum Gasteiger partial charge on any atom is -0.297 e. The van der Waals surface area contributed by atoms with E-state index in [-0.39, 0.29) is 5.69 Å². The lowest BCUT2D eigenvalue weighted by Gasteiger charge is -2.06. The Hall–Kier alpha value is -2.40. The van der Waals surface area contributed by atoms with E-state index >= 15 is 0 Å². The van der Waals surface area contributed by atoms with Gasteiger partial charge in [-0.15, -0.1) is 0 Å². The second-order valence-corrected chi connectivity index (χ2v) is 4.40. The summed E-state index contributed by atoms with van der Waals surface area (Å²) in [4.78, 5) is 14.5. The van der Waals surface area contributed by atoms with E-state index in [1.807, 2.05) is 24.3 Å². The number of hydrogen-bond acceptors (Lipinski definition) is 3. The summed E-state index contributed by atoms with van der Waals surface area (Å²) in [5.74, 6) is 0. The lowest BCUT2D eigenvalue weighted by Crippen LogP contribution is -1.95. The van der Waals surface area contributed by atoms with Crippen molar-refractivity contribution >= 4 is 28.3 Å². The second kappa shape index (κ2) is 4.37. The highest BCUT2D eigenvalue weighted by atomic mass is 35.5. The molecule has 19 heavy (non-hydrogen) atoms. The number of fused-ring (bicyclic) bond motifs is 1. The Morgan fingerprint density at radius 2 is 2.00 bits per heavy atom. The lowest BCUT2D eigenvalue weighted by molar-refractivity contribution is -0.384. The predicted octanol–water partition coefficient (Wildman–Crippen LogP) is 3.59. The zero-order valence-corrected chi connectivity index (χ0v) is 10.4. The summed E-state index contributed by atoms with van der Waals surface area (Å²) in [6, 6.07) is 12.0. The number of nitrogens with zero attached hydrogens (tertiary/aromatic N) is 3. The van der Waals surface area contributed by atoms with Crippen LogP contribution in [0.4, 0.5) is 5.69 Å². The van der Waals surface area contributed by atoms with Crippen molar-refractivity contribution in [2.75, 3.05) is 0 Å². The molecule has 0 amide bonds. The predicted molar refractivity (Wildman–Crippen MR) is 72.7 cm³/mol. The van der Waals surface area contributed by atoms with E-state index in [2.05, 4.69) is 4.98 Å². The van der Waals surface area contributed by atoms with Gasteiger partial charge in [0, 0.05) is 12.1 Å². The van der Waals surface area contributed by atoms with E-state index in [1.54, 1.807) is 17.0 Å². The number of nitro groups is 1. The topological polar surface area (TPSA) is 61.0 Å². The maximum atomic E-state index is 10.7. The highest BCUT2D eigenvalue weighted by Crippen LogP contribution is 2.27. The molecule has 3 aromatic rings. The van der Waals surface area contributed by atoms with E-state index < -0.39 is 4.92 Å². The summed E-state index contributed by atoms with van der Waals surface area (Å²) in [7, 11) is 0. The number of hydrogen-bond donors (Lipinski definition) is 0. The van der Waals surface area contributed by atoms with Gasteiger partial charge in [0.05, 0.1) is 26.7 Å². The number of nitro benzene ring substituents is 1. The standard InChI is InChI=1S/C13H8ClN3O2/c14-10-7-9(17(18)19)5-6-12(10)16-8-15-11-3-1-2-4-13(11)16/h1-8H. The van der Waals surface area contributed by atoms with Gasteiger partial charge in [-0.05, 0) is 18.2 Å². The maximum Gasteiger partial charge on any atom is 0.271 e. The molecular weight excluding hydrogens is 266 g/mol. The highest BCUT2D eigenvalue weighted by molar-refractivity contribution is 6.32. The van der Waals surface area contributed by atoms with Gasteiger partial charge in [-0.3, -0.25) is 14.7 Å². The van der Waals surface area contributed by atoms with Crippen LogP contribution in [-0.2, 0) is 0 Å². The summed E-state index contributed by atoms with van der Waals surface area (Å²) in [5.41, 5.74) is 2.38. The first kappa shape index (κ1) is 11.7. The van der Waals surface area contributed by atoms with Crippen molar-refractivity contribution in [1.29, 1.82) is 0 Å². The lowest BCUT2D eigenvalue weighted by atomic mass is 10.2. The van der Waals surface area contributed by atoms with E-state index in [0.717, 1.165) is 11.0 Å². The average Bonchev–Trinajstić information content (AvgIpc) is 2.82. The Labute approximate surface area is 113 Å². The molecule has 0 saturated heterocycles. The van der Waals surface area contributed by atoms with Gasteiger partial charge >= 0.3 is 0 Å². The van der Waals surface area contributed by atoms with E-state index in [1.165, 1.54) is 12.1 Å². The van der Waals surface area contributed by atoms with Crippen LogP contribution in [0.1, 0.15) is 0 Å². The molecule has 0 aliphatic rings. The molecule has 1 aromatic heterocycles. The summed E-state index contributed by atoms with van der Waals surface area (Å²) in [5, 5.41) is 11.0. The SMILES string of the molecule is O=[N+]([O-])c1ccc(-n2cnc3ccccc32)c(Cl)c1. The first-order chi connectivity index (χ1) is 9.16. The smallest absolute Gasteiger partial charge is 0.271 e. The Kier molecular flexibility index (Phi) is 2.68. The molecule has 3 rings (SSSR count). The van der Waals surface area contributed by atoms with Gasteiger partial charge in [0.2, 0.25) is 0 Å². The number of benzene rings is 2. The monoisotopic (exact) mass is 273 g/mol. The highest BCUT2D eigenvalue weighted by Gasteiger charge is 2.12. The molecule has 0 bridgehead atoms. The van der Waals surface area contributed by atoms with E-state index in [0.29, 0.717) is 10.7 Å². The van der Waals surface area contributed by atoms with Gasteiger partial charge < -0.3 is 0 Å². The summed E-state index contributed by atoms with van der Waals surface area (Å²) in [6.07, 6.45) is 1.65. The quantitative estimate of drug-likeness (QED) is 0.529. The van der Waals surface area contributed by atoms with Gasteiger partial charge in [0.15, 0.2) is 0 Å². The van der Waals surface area contributed by atoms with E-state index in [9.17, 15) is 10.1 Å². The third-order valence-electron chi connectivity index (χ3n) is 2.86. The Morgan fingerprint density at radius 3 is 2.74 bits per heavy atom. The molecule has 0 spiro atoms. The van der Waals surface area contributed by atoms with E-state index in [4.69, 9.17) is 11.6 Å². The molecule has 0 unspecified atom stereocenters. The van der Waals surface area contributed by atoms with Crippen molar-refractivity contribution in [2.45, 2.75) is 0 Å². The molecule has 6 heteroatoms. The molecule has 94 valence electrons. The van der Waals surface area contributed by atoms with Gasteiger partial charge in [0.1, 0.15) is 6.33 Å². The minimum absolute atomic E-state index is 0.0295. The minimum atomic E-state index is -0.471. The molecule has 0 atom stereocenters. The molecule has 5 nitrogen and oxygen atoms in total. The normalized spacial score (nSPS) is 10.8. The number of halogens is 1. The molecule has 0 N–H and O–H groups in total. The number of para-hydroxylation sites is 2. The van der Waals surface area contributed by atoms with Crippen LogP contribution in [0.3, 0.4) is 0 Å². The summed E-state index contributed by atoms with van der Waals surface area (Å²) < 4.78 is 1.81. The molecule has 1 heterocycles. The molecule has 0 radical (unpaired) electrons. The van der Waals surface area contributed by atoms with Crippen molar-refractivity contribution in [3.8, 4) is 5.69 Å². The van der Waals surface area contributed by atoms with Crippen LogP contribution in [0, 0.1) is 10.1 Å². The van der Waals surface area contributed by atoms with Gasteiger partial charge in [-0.2, -0.15) is 0 Å². The third-order valence-corrected chi connectivity index (χ3v) is 3.16. The summed E-state index contributed by atoms with van der Waals surface area (Å²) >= 11 is 6.11. The third kappa shape index (κ3) is 1.94. The van der Waals surface area contributed by atoms with Gasteiger partial charge in [0.25, 0.3) is 5.69 Å². The Balaban J connectivity index is 2.19. The molecule has 0 aliphatic heterocycles. The number of non-ortho nitro benzene ring substituents is 1. The zero-order chi connectivity index (χ0) is 13.4. The van der Waals surface area contributed by atoms with Gasteiger partial charge in [-0.25, -0.2) is 4.98 Å². The van der Waals surface area contributed by atoms with Crippen LogP contribution in [0.25, 0.3) is 16.7 Å². The van der Waals surface area contributed by atoms with Crippen molar-refractivity contribution in [2.24, 2.45) is 0 Å². The Morgan fingerprint density at radius 1 is 1.21 bits per heavy atom. The number of rotatable bonds is 2. The first-order valence-corrected chi connectivity index (χ1v) is 5.91. The van der Waals surface area contributed by atoms with Crippen molar-refractivity contribution in [1.82, 2.24) is 9.55 Å². The fraction of sp³-hybridized carbons (Fsp3) is 0. The molecule has 2 aromatic carbocycles. The maximum absolute atomic E-state index is 10.7. The van der Waals surface area contributed by atoms with Crippen LogP contribution in [0.15, 0.2) is 48.8 Å². The van der Waals surface area contributed by atoms with Crippen LogP contribution in [-0.4, -0.2) is 14.5 Å². The van der Waals surface area contributed by atoms with Crippen LogP contribution < -0.4 is 0 Å². The second-order valence-electron chi connectivity index (χ2n) is 4.00. The fourth-order valence-electron chi connectivity index (χ4n) is 1.96. The van der Waals surface area contributed by atoms with Crippen LogP contribution in [0.2, 0.25) is 5.02 Å². The first-order valence-electron chi connectivity index (χ1n) is 5.53. The largest absolute Gasteiger partial charge is 0.297 e. The summed E-state index contributed by atoms with van der Waals surface area (Å²) in [6.45, 7) is 0. The number of imidazole rings is 1. The molecule has 0 saturated carbocycles. The van der Waals surface area contributed by atoms with Crippen molar-refractivity contribution < 1.29 is 4.92 Å². The molecule has 0 fully saturated rings. The number of aromatic nitrogens is 2.